The molecule has 0 saturated carbocycles. The number of hydrogen-bond acceptors (Lipinski definition) is 3. The number of nitrogens with one attached hydrogen (secondary N) is 1. The molecule has 0 atom stereocenters. The topological polar surface area (TPSA) is 55.0 Å². The van der Waals surface area contributed by atoms with Crippen LogP contribution in [0.4, 0.5) is 0 Å². The lowest BCUT2D eigenvalue weighted by Crippen LogP contribution is -2.24. The van der Waals surface area contributed by atoms with Crippen molar-refractivity contribution >= 4 is 5.97 Å². The maximum atomic E-state index is 11.6. The van der Waals surface area contributed by atoms with Crippen molar-refractivity contribution in [2.75, 3.05) is 0 Å². The fraction of sp³-hybridized carbons (Fsp3) is 0.600. The first-order valence-electron chi connectivity index (χ1n) is 4.56. The Hall–Kier alpha value is -1.32. The number of H-pyrrole nitrogens is 1. The summed E-state index contributed by atoms with van der Waals surface area (Å²) < 4.78 is 5.21. The van der Waals surface area contributed by atoms with E-state index in [4.69, 9.17) is 4.74 Å². The fourth-order valence-corrected chi connectivity index (χ4v) is 1.13. The molecule has 78 valence electrons. The SMILES string of the molecule is Cc1nc(C)c(C(=O)OC(C)(C)C)[nH]1. The number of rotatable bonds is 1. The standard InChI is InChI=1S/C10H16N2O2/c1-6-8(12-7(2)11-6)9(13)14-10(3,4)5/h1-5H3,(H,11,12). The van der Waals surface area contributed by atoms with Gasteiger partial charge in [0.1, 0.15) is 17.1 Å². The van der Waals surface area contributed by atoms with Crippen molar-refractivity contribution in [3.8, 4) is 0 Å². The van der Waals surface area contributed by atoms with Gasteiger partial charge in [-0.25, -0.2) is 9.78 Å². The zero-order chi connectivity index (χ0) is 10.9. The van der Waals surface area contributed by atoms with Gasteiger partial charge in [-0.15, -0.1) is 0 Å². The van der Waals surface area contributed by atoms with Crippen molar-refractivity contribution in [2.24, 2.45) is 0 Å². The van der Waals surface area contributed by atoms with Crippen molar-refractivity contribution in [1.29, 1.82) is 0 Å². The number of carbonyl (C=O) groups is 1. The van der Waals surface area contributed by atoms with Crippen molar-refractivity contribution in [3.05, 3.63) is 17.2 Å². The van der Waals surface area contributed by atoms with E-state index in [1.165, 1.54) is 0 Å². The quantitative estimate of drug-likeness (QED) is 0.699. The second-order valence-electron chi connectivity index (χ2n) is 4.28. The number of aromatic nitrogens is 2. The maximum Gasteiger partial charge on any atom is 0.357 e. The fourth-order valence-electron chi connectivity index (χ4n) is 1.13. The van der Waals surface area contributed by atoms with Crippen molar-refractivity contribution in [2.45, 2.75) is 40.2 Å². The normalized spacial score (nSPS) is 11.5. The van der Waals surface area contributed by atoms with Gasteiger partial charge in [0.05, 0.1) is 5.69 Å². The van der Waals surface area contributed by atoms with Crippen molar-refractivity contribution in [3.63, 3.8) is 0 Å². The Labute approximate surface area is 83.7 Å². The number of aryl methyl sites for hydroxylation is 2. The van der Waals surface area contributed by atoms with E-state index in [9.17, 15) is 4.79 Å². The Balaban J connectivity index is 2.85. The third-order valence-electron chi connectivity index (χ3n) is 1.61. The zero-order valence-electron chi connectivity index (χ0n) is 9.26. The van der Waals surface area contributed by atoms with Gasteiger partial charge in [0.25, 0.3) is 0 Å². The molecule has 0 aromatic carbocycles. The average Bonchev–Trinajstić information content (AvgIpc) is 2.26. The Morgan fingerprint density at radius 1 is 1.36 bits per heavy atom. The van der Waals surface area contributed by atoms with Crippen LogP contribution in [0.25, 0.3) is 0 Å². The van der Waals surface area contributed by atoms with Crippen LogP contribution in [0, 0.1) is 13.8 Å². The summed E-state index contributed by atoms with van der Waals surface area (Å²) in [6.45, 7) is 9.10. The van der Waals surface area contributed by atoms with E-state index in [2.05, 4.69) is 9.97 Å². The molecule has 0 bridgehead atoms. The molecular weight excluding hydrogens is 180 g/mol. The molecule has 1 aromatic heterocycles. The molecule has 4 nitrogen and oxygen atoms in total. The number of esters is 1. The van der Waals surface area contributed by atoms with Crippen LogP contribution in [0.15, 0.2) is 0 Å². The molecule has 14 heavy (non-hydrogen) atoms. The maximum absolute atomic E-state index is 11.6. The molecule has 4 heteroatoms. The highest BCUT2D eigenvalue weighted by Gasteiger charge is 2.21. The lowest BCUT2D eigenvalue weighted by molar-refractivity contribution is 0.00625. The van der Waals surface area contributed by atoms with Gasteiger partial charge in [-0.1, -0.05) is 0 Å². The van der Waals surface area contributed by atoms with E-state index < -0.39 is 5.60 Å². The van der Waals surface area contributed by atoms with Crippen LogP contribution >= 0.6 is 0 Å². The van der Waals surface area contributed by atoms with Gasteiger partial charge in [-0.05, 0) is 34.6 Å². The van der Waals surface area contributed by atoms with Crippen LogP contribution in [-0.2, 0) is 4.74 Å². The summed E-state index contributed by atoms with van der Waals surface area (Å²) in [5.74, 6) is 0.374. The highest BCUT2D eigenvalue weighted by molar-refractivity contribution is 5.88. The Bertz CT molecular complexity index is 347. The molecule has 0 spiro atoms. The summed E-state index contributed by atoms with van der Waals surface area (Å²) in [6.07, 6.45) is 0. The minimum atomic E-state index is -0.470. The summed E-state index contributed by atoms with van der Waals surface area (Å²) in [6, 6.07) is 0. The number of carbonyl (C=O) groups excluding carboxylic acids is 1. The van der Waals surface area contributed by atoms with E-state index in [0.717, 1.165) is 5.82 Å². The molecular formula is C10H16N2O2. The van der Waals surface area contributed by atoms with Gasteiger partial charge in [0, 0.05) is 0 Å². The van der Waals surface area contributed by atoms with E-state index in [0.29, 0.717) is 11.4 Å². The van der Waals surface area contributed by atoms with E-state index >= 15 is 0 Å². The van der Waals surface area contributed by atoms with Gasteiger partial charge >= 0.3 is 5.97 Å². The smallest absolute Gasteiger partial charge is 0.357 e. The summed E-state index contributed by atoms with van der Waals surface area (Å²) >= 11 is 0. The Morgan fingerprint density at radius 3 is 2.29 bits per heavy atom. The highest BCUT2D eigenvalue weighted by Crippen LogP contribution is 2.13. The van der Waals surface area contributed by atoms with Crippen LogP contribution in [0.2, 0.25) is 0 Å². The third-order valence-corrected chi connectivity index (χ3v) is 1.61. The Morgan fingerprint density at radius 2 is 1.93 bits per heavy atom. The third kappa shape index (κ3) is 2.58. The number of aromatic amines is 1. The van der Waals surface area contributed by atoms with E-state index in [-0.39, 0.29) is 5.97 Å². The predicted octanol–water partition coefficient (Wildman–Crippen LogP) is 1.98. The lowest BCUT2D eigenvalue weighted by Gasteiger charge is -2.18. The summed E-state index contributed by atoms with van der Waals surface area (Å²) in [7, 11) is 0. The van der Waals surface area contributed by atoms with Gasteiger partial charge in [0.15, 0.2) is 0 Å². The molecule has 0 amide bonds. The van der Waals surface area contributed by atoms with Crippen LogP contribution < -0.4 is 0 Å². The van der Waals surface area contributed by atoms with Crippen LogP contribution in [0.5, 0.6) is 0 Å². The first-order chi connectivity index (χ1) is 6.29. The molecule has 0 aliphatic rings. The largest absolute Gasteiger partial charge is 0.455 e. The second kappa shape index (κ2) is 3.44. The first-order valence-corrected chi connectivity index (χ1v) is 4.56. The second-order valence-corrected chi connectivity index (χ2v) is 4.28. The molecule has 1 rings (SSSR count). The monoisotopic (exact) mass is 196 g/mol. The van der Waals surface area contributed by atoms with Crippen molar-refractivity contribution in [1.82, 2.24) is 9.97 Å². The molecule has 0 unspecified atom stereocenters. The number of imidazole rings is 1. The number of nitrogens with zero attached hydrogens (tertiary/aromatic N) is 1. The molecule has 1 heterocycles. The lowest BCUT2D eigenvalue weighted by atomic mass is 10.2. The van der Waals surface area contributed by atoms with E-state index in [1.807, 2.05) is 20.8 Å². The Kier molecular flexibility index (Phi) is 2.64. The molecule has 0 aliphatic heterocycles. The van der Waals surface area contributed by atoms with Crippen LogP contribution in [0.3, 0.4) is 0 Å². The van der Waals surface area contributed by atoms with Gasteiger partial charge in [-0.3, -0.25) is 0 Å². The molecule has 1 aromatic rings. The summed E-state index contributed by atoms with van der Waals surface area (Å²) in [5, 5.41) is 0. The molecule has 1 N–H and O–H groups in total. The predicted molar refractivity (Wildman–Crippen MR) is 53.2 cm³/mol. The molecule has 0 aliphatic carbocycles. The summed E-state index contributed by atoms with van der Waals surface area (Å²) in [5.41, 5.74) is 0.650. The van der Waals surface area contributed by atoms with Gasteiger partial charge in [0.2, 0.25) is 0 Å². The van der Waals surface area contributed by atoms with Gasteiger partial charge in [-0.2, -0.15) is 0 Å². The zero-order valence-corrected chi connectivity index (χ0v) is 9.26. The number of ether oxygens (including phenoxy) is 1. The minimum Gasteiger partial charge on any atom is -0.455 e. The first kappa shape index (κ1) is 10.8. The number of hydrogen-bond donors (Lipinski definition) is 1. The highest BCUT2D eigenvalue weighted by atomic mass is 16.6. The molecule has 0 radical (unpaired) electrons. The minimum absolute atomic E-state index is 0.351. The summed E-state index contributed by atoms with van der Waals surface area (Å²) in [4.78, 5) is 18.6. The van der Waals surface area contributed by atoms with Crippen molar-refractivity contribution < 1.29 is 9.53 Å². The van der Waals surface area contributed by atoms with Crippen LogP contribution in [0.1, 0.15) is 42.8 Å². The van der Waals surface area contributed by atoms with Crippen LogP contribution in [-0.4, -0.2) is 21.5 Å². The van der Waals surface area contributed by atoms with E-state index in [1.54, 1.807) is 13.8 Å². The van der Waals surface area contributed by atoms with Gasteiger partial charge < -0.3 is 9.72 Å². The average molecular weight is 196 g/mol. The molecule has 0 fully saturated rings. The molecule has 0 saturated heterocycles.